The predicted molar refractivity (Wildman–Crippen MR) is 93.6 cm³/mol. The van der Waals surface area contributed by atoms with E-state index in [0.717, 1.165) is 12.8 Å². The lowest BCUT2D eigenvalue weighted by Gasteiger charge is -2.16. The van der Waals surface area contributed by atoms with Crippen LogP contribution in [0.1, 0.15) is 30.7 Å². The van der Waals surface area contributed by atoms with Crippen LogP contribution in [0.5, 0.6) is 0 Å². The number of alkyl halides is 1. The zero-order valence-electron chi connectivity index (χ0n) is 12.1. The normalized spacial score (nSPS) is 13.4. The lowest BCUT2D eigenvalue weighted by Crippen LogP contribution is -1.93. The maximum Gasteiger partial charge on any atom is 0.0591 e. The predicted octanol–water partition coefficient (Wildman–Crippen LogP) is 6.66. The summed E-state index contributed by atoms with van der Waals surface area (Å²) in [4.78, 5) is 0. The summed E-state index contributed by atoms with van der Waals surface area (Å²) in [5.74, 6) is 0. The van der Waals surface area contributed by atoms with E-state index < -0.39 is 0 Å². The summed E-state index contributed by atoms with van der Waals surface area (Å²) in [6.45, 7) is 2.19. The highest BCUT2D eigenvalue weighted by atomic mass is 35.5. The molecular weight excluding hydrogens is 276 g/mol. The van der Waals surface area contributed by atoms with E-state index in [4.69, 9.17) is 11.6 Å². The standard InChI is InChI=1S/C20H17Cl/c1-2-4-18(21)16-11-9-15-8-7-13-5-3-6-14-10-12-17(16)20(15)19(13)14/h3,5-12,18H,2,4H2,1H3. The Morgan fingerprint density at radius 3 is 2.14 bits per heavy atom. The molecule has 0 aliphatic rings. The van der Waals surface area contributed by atoms with E-state index in [2.05, 4.69) is 61.5 Å². The third-order valence-electron chi connectivity index (χ3n) is 4.44. The zero-order chi connectivity index (χ0) is 14.4. The highest BCUT2D eigenvalue weighted by Gasteiger charge is 2.14. The van der Waals surface area contributed by atoms with Crippen molar-refractivity contribution in [1.29, 1.82) is 0 Å². The van der Waals surface area contributed by atoms with Crippen LogP contribution in [0, 0.1) is 0 Å². The maximum atomic E-state index is 6.63. The molecule has 0 heterocycles. The first kappa shape index (κ1) is 12.9. The lowest BCUT2D eigenvalue weighted by molar-refractivity contribution is 0.774. The van der Waals surface area contributed by atoms with Crippen molar-refractivity contribution in [3.8, 4) is 0 Å². The molecule has 0 fully saturated rings. The van der Waals surface area contributed by atoms with E-state index in [1.54, 1.807) is 0 Å². The molecule has 1 unspecified atom stereocenters. The SMILES string of the molecule is CCCC(Cl)c1ccc2ccc3cccc4ccc1c2c34. The largest absolute Gasteiger partial charge is 0.118 e. The van der Waals surface area contributed by atoms with Crippen LogP contribution < -0.4 is 0 Å². The van der Waals surface area contributed by atoms with Gasteiger partial charge < -0.3 is 0 Å². The van der Waals surface area contributed by atoms with Gasteiger partial charge in [-0.2, -0.15) is 0 Å². The minimum Gasteiger partial charge on any atom is -0.118 e. The van der Waals surface area contributed by atoms with Gasteiger partial charge >= 0.3 is 0 Å². The van der Waals surface area contributed by atoms with Gasteiger partial charge in [-0.05, 0) is 44.3 Å². The van der Waals surface area contributed by atoms with Crippen molar-refractivity contribution < 1.29 is 0 Å². The first-order valence-electron chi connectivity index (χ1n) is 7.60. The van der Waals surface area contributed by atoms with Crippen LogP contribution in [0.2, 0.25) is 0 Å². The van der Waals surface area contributed by atoms with Crippen LogP contribution in [0.15, 0.2) is 54.6 Å². The molecule has 0 radical (unpaired) electrons. The minimum atomic E-state index is 0.0968. The van der Waals surface area contributed by atoms with E-state index in [1.165, 1.54) is 37.9 Å². The summed E-state index contributed by atoms with van der Waals surface area (Å²) in [6.07, 6.45) is 2.13. The molecule has 0 aliphatic heterocycles. The topological polar surface area (TPSA) is 0 Å². The fourth-order valence-corrected chi connectivity index (χ4v) is 3.85. The Hall–Kier alpha value is -1.79. The van der Waals surface area contributed by atoms with Gasteiger partial charge in [0.2, 0.25) is 0 Å². The molecule has 0 aliphatic carbocycles. The first-order chi connectivity index (χ1) is 10.3. The van der Waals surface area contributed by atoms with Crippen molar-refractivity contribution in [3.63, 3.8) is 0 Å². The fraction of sp³-hybridized carbons (Fsp3) is 0.200. The minimum absolute atomic E-state index is 0.0968. The summed E-state index contributed by atoms with van der Waals surface area (Å²) >= 11 is 6.63. The Morgan fingerprint density at radius 1 is 0.810 bits per heavy atom. The van der Waals surface area contributed by atoms with Gasteiger partial charge in [0.1, 0.15) is 0 Å². The molecule has 21 heavy (non-hydrogen) atoms. The van der Waals surface area contributed by atoms with Gasteiger partial charge in [-0.15, -0.1) is 11.6 Å². The average molecular weight is 293 g/mol. The Morgan fingerprint density at radius 2 is 1.43 bits per heavy atom. The monoisotopic (exact) mass is 292 g/mol. The quantitative estimate of drug-likeness (QED) is 0.292. The van der Waals surface area contributed by atoms with Crippen LogP contribution in [0.4, 0.5) is 0 Å². The molecule has 1 atom stereocenters. The van der Waals surface area contributed by atoms with Crippen molar-refractivity contribution in [2.24, 2.45) is 0 Å². The number of hydrogen-bond donors (Lipinski definition) is 0. The summed E-state index contributed by atoms with van der Waals surface area (Å²) in [5.41, 5.74) is 1.27. The molecule has 0 bridgehead atoms. The third kappa shape index (κ3) is 1.90. The summed E-state index contributed by atoms with van der Waals surface area (Å²) in [5, 5.41) is 8.07. The number of rotatable bonds is 3. The molecule has 0 N–H and O–H groups in total. The van der Waals surface area contributed by atoms with Crippen LogP contribution in [0.25, 0.3) is 32.3 Å². The smallest absolute Gasteiger partial charge is 0.0591 e. The van der Waals surface area contributed by atoms with Crippen molar-refractivity contribution in [3.05, 3.63) is 60.2 Å². The van der Waals surface area contributed by atoms with Crippen molar-refractivity contribution in [2.45, 2.75) is 25.1 Å². The number of benzene rings is 4. The lowest BCUT2D eigenvalue weighted by atomic mass is 9.90. The van der Waals surface area contributed by atoms with Crippen LogP contribution in [0.3, 0.4) is 0 Å². The zero-order valence-corrected chi connectivity index (χ0v) is 12.8. The molecule has 4 aromatic rings. The molecule has 0 saturated heterocycles. The van der Waals surface area contributed by atoms with Gasteiger partial charge in [0.05, 0.1) is 5.38 Å². The molecule has 104 valence electrons. The number of hydrogen-bond acceptors (Lipinski definition) is 0. The Labute approximate surface area is 129 Å². The highest BCUT2D eigenvalue weighted by Crippen LogP contribution is 2.39. The summed E-state index contributed by atoms with van der Waals surface area (Å²) < 4.78 is 0. The van der Waals surface area contributed by atoms with Crippen LogP contribution in [-0.4, -0.2) is 0 Å². The van der Waals surface area contributed by atoms with E-state index in [0.29, 0.717) is 0 Å². The van der Waals surface area contributed by atoms with Crippen molar-refractivity contribution in [2.75, 3.05) is 0 Å². The van der Waals surface area contributed by atoms with E-state index in [-0.39, 0.29) is 5.38 Å². The van der Waals surface area contributed by atoms with Gasteiger partial charge in [-0.1, -0.05) is 67.9 Å². The van der Waals surface area contributed by atoms with Crippen molar-refractivity contribution >= 4 is 43.9 Å². The molecular formula is C20H17Cl. The van der Waals surface area contributed by atoms with Crippen LogP contribution >= 0.6 is 11.6 Å². The van der Waals surface area contributed by atoms with Gasteiger partial charge in [-0.3, -0.25) is 0 Å². The molecule has 0 aromatic heterocycles. The maximum absolute atomic E-state index is 6.63. The first-order valence-corrected chi connectivity index (χ1v) is 8.03. The van der Waals surface area contributed by atoms with E-state index in [9.17, 15) is 0 Å². The van der Waals surface area contributed by atoms with Crippen LogP contribution in [-0.2, 0) is 0 Å². The molecule has 0 saturated carbocycles. The van der Waals surface area contributed by atoms with Gasteiger partial charge in [0.15, 0.2) is 0 Å². The third-order valence-corrected chi connectivity index (χ3v) is 4.90. The fourth-order valence-electron chi connectivity index (χ4n) is 3.44. The molecule has 4 rings (SSSR count). The van der Waals surface area contributed by atoms with Gasteiger partial charge in [0, 0.05) is 0 Å². The van der Waals surface area contributed by atoms with Gasteiger partial charge in [0.25, 0.3) is 0 Å². The second-order valence-electron chi connectivity index (χ2n) is 5.77. The second-order valence-corrected chi connectivity index (χ2v) is 6.29. The summed E-state index contributed by atoms with van der Waals surface area (Å²) in [6, 6.07) is 19.8. The second kappa shape index (κ2) is 4.89. The van der Waals surface area contributed by atoms with Crippen molar-refractivity contribution in [1.82, 2.24) is 0 Å². The van der Waals surface area contributed by atoms with E-state index >= 15 is 0 Å². The molecule has 1 heteroatoms. The molecule has 0 amide bonds. The number of halogens is 1. The summed E-state index contributed by atoms with van der Waals surface area (Å²) in [7, 11) is 0. The van der Waals surface area contributed by atoms with Gasteiger partial charge in [-0.25, -0.2) is 0 Å². The molecule has 4 aromatic carbocycles. The molecule has 0 spiro atoms. The Balaban J connectivity index is 2.15. The highest BCUT2D eigenvalue weighted by molar-refractivity contribution is 6.26. The average Bonchev–Trinajstić information content (AvgIpc) is 2.52. The molecule has 0 nitrogen and oxygen atoms in total. The van der Waals surface area contributed by atoms with E-state index in [1.807, 2.05) is 0 Å². The Bertz CT molecular complexity index is 907. The Kier molecular flexibility index (Phi) is 3.01.